The van der Waals surface area contributed by atoms with Gasteiger partial charge in [-0.1, -0.05) is 60.7 Å². The average molecular weight is 282 g/mol. The van der Waals surface area contributed by atoms with Crippen molar-refractivity contribution in [1.29, 1.82) is 0 Å². The molecular formula is C18H22N2O. The van der Waals surface area contributed by atoms with Crippen LogP contribution < -0.4 is 5.32 Å². The van der Waals surface area contributed by atoms with Crippen LogP contribution in [0.2, 0.25) is 0 Å². The lowest BCUT2D eigenvalue weighted by atomic mass is 10.1. The molecule has 2 amide bonds. The van der Waals surface area contributed by atoms with Crippen molar-refractivity contribution in [2.75, 3.05) is 13.1 Å². The molecule has 0 aliphatic heterocycles. The Balaban J connectivity index is 1.80. The second kappa shape index (κ2) is 8.10. The fourth-order valence-electron chi connectivity index (χ4n) is 2.20. The van der Waals surface area contributed by atoms with Crippen LogP contribution in [-0.2, 0) is 13.0 Å². The number of benzene rings is 2. The summed E-state index contributed by atoms with van der Waals surface area (Å²) >= 11 is 0. The monoisotopic (exact) mass is 282 g/mol. The SMILES string of the molecule is CCN(Cc1ccccc1)C(=O)NCCc1ccccc1. The molecule has 0 aromatic heterocycles. The number of rotatable bonds is 6. The molecule has 2 aromatic carbocycles. The number of nitrogens with zero attached hydrogens (tertiary/aromatic N) is 1. The van der Waals surface area contributed by atoms with Gasteiger partial charge in [0, 0.05) is 19.6 Å². The fourth-order valence-corrected chi connectivity index (χ4v) is 2.20. The second-order valence-electron chi connectivity index (χ2n) is 4.97. The maximum absolute atomic E-state index is 12.2. The molecule has 0 fully saturated rings. The van der Waals surface area contributed by atoms with E-state index < -0.39 is 0 Å². The Labute approximate surface area is 126 Å². The minimum atomic E-state index is -0.00251. The van der Waals surface area contributed by atoms with Crippen molar-refractivity contribution in [1.82, 2.24) is 10.2 Å². The van der Waals surface area contributed by atoms with Gasteiger partial charge in [0.1, 0.15) is 0 Å². The molecule has 3 nitrogen and oxygen atoms in total. The van der Waals surface area contributed by atoms with Crippen molar-refractivity contribution in [2.45, 2.75) is 19.9 Å². The van der Waals surface area contributed by atoms with E-state index in [-0.39, 0.29) is 6.03 Å². The molecule has 0 aliphatic carbocycles. The molecule has 0 saturated heterocycles. The standard InChI is InChI=1S/C18H22N2O/c1-2-20(15-17-11-7-4-8-12-17)18(21)19-14-13-16-9-5-3-6-10-16/h3-12H,2,13-15H2,1H3,(H,19,21). The van der Waals surface area contributed by atoms with Gasteiger partial charge in [0.2, 0.25) is 0 Å². The lowest BCUT2D eigenvalue weighted by Gasteiger charge is -2.21. The second-order valence-corrected chi connectivity index (χ2v) is 4.97. The van der Waals surface area contributed by atoms with Crippen LogP contribution in [-0.4, -0.2) is 24.0 Å². The summed E-state index contributed by atoms with van der Waals surface area (Å²) in [6.07, 6.45) is 0.857. The number of carbonyl (C=O) groups excluding carboxylic acids is 1. The van der Waals surface area contributed by atoms with Crippen molar-refractivity contribution in [2.24, 2.45) is 0 Å². The summed E-state index contributed by atoms with van der Waals surface area (Å²) in [5.41, 5.74) is 2.39. The third kappa shape index (κ3) is 4.95. The number of nitrogens with one attached hydrogen (secondary N) is 1. The van der Waals surface area contributed by atoms with Gasteiger partial charge in [0.25, 0.3) is 0 Å². The highest BCUT2D eigenvalue weighted by atomic mass is 16.2. The summed E-state index contributed by atoms with van der Waals surface area (Å²) < 4.78 is 0. The highest BCUT2D eigenvalue weighted by Crippen LogP contribution is 2.04. The Hall–Kier alpha value is -2.29. The predicted molar refractivity (Wildman–Crippen MR) is 86.1 cm³/mol. The molecule has 0 bridgehead atoms. The topological polar surface area (TPSA) is 32.3 Å². The third-order valence-electron chi connectivity index (χ3n) is 3.42. The van der Waals surface area contributed by atoms with Crippen molar-refractivity contribution < 1.29 is 4.79 Å². The Morgan fingerprint density at radius 3 is 2.10 bits per heavy atom. The van der Waals surface area contributed by atoms with Gasteiger partial charge in [0.15, 0.2) is 0 Å². The van der Waals surface area contributed by atoms with E-state index in [9.17, 15) is 4.79 Å². The summed E-state index contributed by atoms with van der Waals surface area (Å²) in [6.45, 7) is 4.01. The Morgan fingerprint density at radius 2 is 1.52 bits per heavy atom. The first kappa shape index (κ1) is 15.1. The largest absolute Gasteiger partial charge is 0.338 e. The molecule has 0 heterocycles. The fraction of sp³-hybridized carbons (Fsp3) is 0.278. The molecule has 21 heavy (non-hydrogen) atoms. The first-order valence-corrected chi connectivity index (χ1v) is 7.40. The Bertz CT molecular complexity index is 540. The third-order valence-corrected chi connectivity index (χ3v) is 3.42. The number of urea groups is 1. The summed E-state index contributed by atoms with van der Waals surface area (Å²) in [5, 5.41) is 2.99. The Kier molecular flexibility index (Phi) is 5.83. The van der Waals surface area contributed by atoms with E-state index in [0.29, 0.717) is 19.6 Å². The van der Waals surface area contributed by atoms with E-state index in [4.69, 9.17) is 0 Å². The van der Waals surface area contributed by atoms with E-state index in [2.05, 4.69) is 17.4 Å². The minimum Gasteiger partial charge on any atom is -0.338 e. The molecule has 2 rings (SSSR count). The van der Waals surface area contributed by atoms with Crippen LogP contribution >= 0.6 is 0 Å². The van der Waals surface area contributed by atoms with Gasteiger partial charge < -0.3 is 10.2 Å². The van der Waals surface area contributed by atoms with Crippen LogP contribution in [0.1, 0.15) is 18.1 Å². The van der Waals surface area contributed by atoms with Gasteiger partial charge in [-0.05, 0) is 24.5 Å². The van der Waals surface area contributed by atoms with Crippen LogP contribution in [0.15, 0.2) is 60.7 Å². The van der Waals surface area contributed by atoms with Crippen LogP contribution in [0.3, 0.4) is 0 Å². The predicted octanol–water partition coefficient (Wildman–Crippen LogP) is 3.46. The molecule has 0 aliphatic rings. The molecule has 0 radical (unpaired) electrons. The van der Waals surface area contributed by atoms with Crippen LogP contribution in [0.4, 0.5) is 4.79 Å². The lowest BCUT2D eigenvalue weighted by Crippen LogP contribution is -2.40. The van der Waals surface area contributed by atoms with Crippen LogP contribution in [0, 0.1) is 0 Å². The number of amides is 2. The first-order valence-electron chi connectivity index (χ1n) is 7.40. The highest BCUT2D eigenvalue weighted by Gasteiger charge is 2.10. The van der Waals surface area contributed by atoms with Crippen molar-refractivity contribution in [3.05, 3.63) is 71.8 Å². The summed E-state index contributed by atoms with van der Waals surface area (Å²) in [7, 11) is 0. The van der Waals surface area contributed by atoms with Gasteiger partial charge in [0.05, 0.1) is 0 Å². The lowest BCUT2D eigenvalue weighted by molar-refractivity contribution is 0.198. The maximum atomic E-state index is 12.2. The average Bonchev–Trinajstić information content (AvgIpc) is 2.54. The van der Waals surface area contributed by atoms with E-state index in [1.54, 1.807) is 0 Å². The molecule has 1 N–H and O–H groups in total. The van der Waals surface area contributed by atoms with Gasteiger partial charge in [-0.25, -0.2) is 4.79 Å². The van der Waals surface area contributed by atoms with Crippen molar-refractivity contribution >= 4 is 6.03 Å². The van der Waals surface area contributed by atoms with E-state index in [1.165, 1.54) is 5.56 Å². The zero-order valence-electron chi connectivity index (χ0n) is 12.5. The first-order chi connectivity index (χ1) is 10.3. The summed E-state index contributed by atoms with van der Waals surface area (Å²) in [5.74, 6) is 0. The van der Waals surface area contributed by atoms with Gasteiger partial charge in [-0.2, -0.15) is 0 Å². The molecule has 2 aromatic rings. The van der Waals surface area contributed by atoms with Gasteiger partial charge >= 0.3 is 6.03 Å². The minimum absolute atomic E-state index is 0.00251. The molecule has 110 valence electrons. The van der Waals surface area contributed by atoms with Crippen LogP contribution in [0.25, 0.3) is 0 Å². The summed E-state index contributed by atoms with van der Waals surface area (Å²) in [6, 6.07) is 20.3. The van der Waals surface area contributed by atoms with E-state index in [0.717, 1.165) is 12.0 Å². The Morgan fingerprint density at radius 1 is 0.952 bits per heavy atom. The van der Waals surface area contributed by atoms with Crippen molar-refractivity contribution in [3.63, 3.8) is 0 Å². The molecule has 0 atom stereocenters. The quantitative estimate of drug-likeness (QED) is 0.864. The number of hydrogen-bond acceptors (Lipinski definition) is 1. The van der Waals surface area contributed by atoms with E-state index >= 15 is 0 Å². The number of hydrogen-bond donors (Lipinski definition) is 1. The zero-order chi connectivity index (χ0) is 14.9. The zero-order valence-corrected chi connectivity index (χ0v) is 12.5. The van der Waals surface area contributed by atoms with Gasteiger partial charge in [-0.15, -0.1) is 0 Å². The normalized spacial score (nSPS) is 10.1. The van der Waals surface area contributed by atoms with Gasteiger partial charge in [-0.3, -0.25) is 0 Å². The summed E-state index contributed by atoms with van der Waals surface area (Å²) in [4.78, 5) is 14.0. The highest BCUT2D eigenvalue weighted by molar-refractivity contribution is 5.74. The van der Waals surface area contributed by atoms with Crippen LogP contribution in [0.5, 0.6) is 0 Å². The maximum Gasteiger partial charge on any atom is 0.317 e. The molecule has 3 heteroatoms. The molecule has 0 saturated carbocycles. The molecule has 0 spiro atoms. The smallest absolute Gasteiger partial charge is 0.317 e. The molecule has 0 unspecified atom stereocenters. The van der Waals surface area contributed by atoms with Crippen molar-refractivity contribution in [3.8, 4) is 0 Å². The molecular weight excluding hydrogens is 260 g/mol. The van der Waals surface area contributed by atoms with E-state index in [1.807, 2.05) is 60.4 Å². The number of carbonyl (C=O) groups is 1.